The lowest BCUT2D eigenvalue weighted by Crippen LogP contribution is -2.00. The molecule has 0 spiro atoms. The molecule has 0 atom stereocenters. The van der Waals surface area contributed by atoms with Crippen molar-refractivity contribution in [3.63, 3.8) is 0 Å². The zero-order valence-electron chi connectivity index (χ0n) is 7.53. The highest BCUT2D eigenvalue weighted by molar-refractivity contribution is 5.80. The highest BCUT2D eigenvalue weighted by Gasteiger charge is 2.47. The third kappa shape index (κ3) is 0.828. The molecule has 0 amide bonds. The Bertz CT molecular complexity index is 531. The van der Waals surface area contributed by atoms with Crippen molar-refractivity contribution in [1.29, 1.82) is 5.26 Å². The summed E-state index contributed by atoms with van der Waals surface area (Å²) in [7, 11) is 0. The van der Waals surface area contributed by atoms with Crippen molar-refractivity contribution < 1.29 is 4.42 Å². The second-order valence-corrected chi connectivity index (χ2v) is 3.70. The van der Waals surface area contributed by atoms with Crippen LogP contribution in [0.5, 0.6) is 0 Å². The molecule has 0 saturated heterocycles. The van der Waals surface area contributed by atoms with Crippen molar-refractivity contribution in [3.05, 3.63) is 30.2 Å². The lowest BCUT2D eigenvalue weighted by atomic mass is 9.98. The van der Waals surface area contributed by atoms with Crippen molar-refractivity contribution in [1.82, 2.24) is 4.98 Å². The second kappa shape index (κ2) is 2.36. The fraction of sp³-hybridized carbons (Fsp3) is 0.273. The van der Waals surface area contributed by atoms with E-state index in [0.717, 1.165) is 23.8 Å². The van der Waals surface area contributed by atoms with Gasteiger partial charge in [0.2, 0.25) is 5.71 Å². The van der Waals surface area contributed by atoms with Crippen LogP contribution in [0.4, 0.5) is 0 Å². The summed E-state index contributed by atoms with van der Waals surface area (Å²) in [5.74, 6) is 0. The van der Waals surface area contributed by atoms with E-state index in [1.807, 2.05) is 12.1 Å². The second-order valence-electron chi connectivity index (χ2n) is 3.70. The molecule has 0 bridgehead atoms. The quantitative estimate of drug-likeness (QED) is 0.683. The zero-order valence-corrected chi connectivity index (χ0v) is 7.53. The van der Waals surface area contributed by atoms with E-state index in [1.165, 1.54) is 0 Å². The first-order valence-electron chi connectivity index (χ1n) is 4.60. The number of aromatic nitrogens is 1. The molecule has 14 heavy (non-hydrogen) atoms. The Morgan fingerprint density at radius 2 is 2.36 bits per heavy atom. The summed E-state index contributed by atoms with van der Waals surface area (Å²) in [6.45, 7) is 0. The number of rotatable bonds is 1. The predicted octanol–water partition coefficient (Wildman–Crippen LogP) is 2.38. The molecule has 0 aromatic carbocycles. The van der Waals surface area contributed by atoms with Crippen molar-refractivity contribution in [3.8, 4) is 6.07 Å². The lowest BCUT2D eigenvalue weighted by molar-refractivity contribution is 0.595. The SMILES string of the molecule is N#CC1(c2coc3ncccc23)CC1. The Morgan fingerprint density at radius 3 is 3.07 bits per heavy atom. The van der Waals surface area contributed by atoms with Crippen molar-refractivity contribution >= 4 is 11.1 Å². The molecule has 3 rings (SSSR count). The van der Waals surface area contributed by atoms with E-state index < -0.39 is 0 Å². The molecule has 2 heterocycles. The monoisotopic (exact) mass is 184 g/mol. The van der Waals surface area contributed by atoms with Crippen LogP contribution >= 0.6 is 0 Å². The summed E-state index contributed by atoms with van der Waals surface area (Å²) in [5, 5.41) is 10.1. The number of furan rings is 1. The predicted molar refractivity (Wildman–Crippen MR) is 50.5 cm³/mol. The van der Waals surface area contributed by atoms with Gasteiger partial charge in [0.15, 0.2) is 0 Å². The molecule has 1 aliphatic rings. The van der Waals surface area contributed by atoms with E-state index in [-0.39, 0.29) is 5.41 Å². The Balaban J connectivity index is 2.29. The maximum atomic E-state index is 9.08. The summed E-state index contributed by atoms with van der Waals surface area (Å²) in [6, 6.07) is 6.19. The molecular formula is C11H8N2O. The van der Waals surface area contributed by atoms with Gasteiger partial charge in [0.25, 0.3) is 0 Å². The lowest BCUT2D eigenvalue weighted by Gasteiger charge is -2.00. The van der Waals surface area contributed by atoms with E-state index in [2.05, 4.69) is 11.1 Å². The number of hydrogen-bond acceptors (Lipinski definition) is 3. The number of fused-ring (bicyclic) bond motifs is 1. The van der Waals surface area contributed by atoms with Gasteiger partial charge in [-0.05, 0) is 25.0 Å². The molecule has 3 nitrogen and oxygen atoms in total. The Morgan fingerprint density at radius 1 is 1.50 bits per heavy atom. The molecule has 0 radical (unpaired) electrons. The van der Waals surface area contributed by atoms with Crippen LogP contribution in [0, 0.1) is 11.3 Å². The van der Waals surface area contributed by atoms with E-state index in [9.17, 15) is 0 Å². The molecule has 1 saturated carbocycles. The molecule has 2 aromatic heterocycles. The van der Waals surface area contributed by atoms with E-state index >= 15 is 0 Å². The van der Waals surface area contributed by atoms with E-state index in [4.69, 9.17) is 9.68 Å². The van der Waals surface area contributed by atoms with Crippen molar-refractivity contribution in [2.45, 2.75) is 18.3 Å². The third-order valence-corrected chi connectivity index (χ3v) is 2.83. The standard InChI is InChI=1S/C11H8N2O/c12-7-11(3-4-11)9-6-14-10-8(9)2-1-5-13-10/h1-2,5-6H,3-4H2. The van der Waals surface area contributed by atoms with Crippen LogP contribution < -0.4 is 0 Å². The maximum absolute atomic E-state index is 9.08. The first-order chi connectivity index (χ1) is 6.86. The van der Waals surface area contributed by atoms with Gasteiger partial charge in [0, 0.05) is 17.1 Å². The fourth-order valence-corrected chi connectivity index (χ4v) is 1.80. The summed E-state index contributed by atoms with van der Waals surface area (Å²) in [5.41, 5.74) is 1.35. The highest BCUT2D eigenvalue weighted by Crippen LogP contribution is 2.49. The molecule has 0 aliphatic heterocycles. The minimum Gasteiger partial charge on any atom is -0.446 e. The van der Waals surface area contributed by atoms with E-state index in [0.29, 0.717) is 5.71 Å². The van der Waals surface area contributed by atoms with Gasteiger partial charge >= 0.3 is 0 Å². The van der Waals surface area contributed by atoms with Crippen LogP contribution in [0.2, 0.25) is 0 Å². The van der Waals surface area contributed by atoms with Gasteiger partial charge in [-0.2, -0.15) is 5.26 Å². The average molecular weight is 184 g/mol. The van der Waals surface area contributed by atoms with Gasteiger partial charge in [-0.3, -0.25) is 0 Å². The molecule has 1 aliphatic carbocycles. The molecule has 0 N–H and O–H groups in total. The smallest absolute Gasteiger partial charge is 0.226 e. The zero-order chi connectivity index (χ0) is 9.60. The van der Waals surface area contributed by atoms with Crippen LogP contribution in [0.25, 0.3) is 11.1 Å². The summed E-state index contributed by atoms with van der Waals surface area (Å²) in [6.07, 6.45) is 5.25. The van der Waals surface area contributed by atoms with Gasteiger partial charge in [0.1, 0.15) is 0 Å². The Hall–Kier alpha value is -1.82. The molecule has 2 aromatic rings. The molecular weight excluding hydrogens is 176 g/mol. The Kier molecular flexibility index (Phi) is 1.27. The third-order valence-electron chi connectivity index (χ3n) is 2.83. The van der Waals surface area contributed by atoms with Gasteiger partial charge in [-0.25, -0.2) is 4.98 Å². The minimum absolute atomic E-state index is 0.283. The largest absolute Gasteiger partial charge is 0.446 e. The van der Waals surface area contributed by atoms with Crippen LogP contribution in [-0.4, -0.2) is 4.98 Å². The van der Waals surface area contributed by atoms with Crippen LogP contribution in [0.15, 0.2) is 29.0 Å². The summed E-state index contributed by atoms with van der Waals surface area (Å²) in [4.78, 5) is 4.10. The molecule has 1 fully saturated rings. The number of pyridine rings is 1. The first-order valence-corrected chi connectivity index (χ1v) is 4.60. The van der Waals surface area contributed by atoms with Crippen molar-refractivity contribution in [2.75, 3.05) is 0 Å². The average Bonchev–Trinajstić information content (AvgIpc) is 2.91. The molecule has 0 unspecified atom stereocenters. The van der Waals surface area contributed by atoms with Crippen molar-refractivity contribution in [2.24, 2.45) is 0 Å². The van der Waals surface area contributed by atoms with Crippen LogP contribution in [0.1, 0.15) is 18.4 Å². The minimum atomic E-state index is -0.283. The van der Waals surface area contributed by atoms with Gasteiger partial charge in [0.05, 0.1) is 17.7 Å². The summed E-state index contributed by atoms with van der Waals surface area (Å²) >= 11 is 0. The maximum Gasteiger partial charge on any atom is 0.226 e. The highest BCUT2D eigenvalue weighted by atomic mass is 16.3. The first kappa shape index (κ1) is 7.57. The molecule has 3 heteroatoms. The molecule has 68 valence electrons. The van der Waals surface area contributed by atoms with Gasteiger partial charge < -0.3 is 4.42 Å². The number of nitriles is 1. The van der Waals surface area contributed by atoms with Gasteiger partial charge in [-0.1, -0.05) is 0 Å². The fourth-order valence-electron chi connectivity index (χ4n) is 1.80. The number of nitrogens with zero attached hydrogens (tertiary/aromatic N) is 2. The van der Waals surface area contributed by atoms with Crippen LogP contribution in [0.3, 0.4) is 0 Å². The van der Waals surface area contributed by atoms with Gasteiger partial charge in [-0.15, -0.1) is 0 Å². The topological polar surface area (TPSA) is 49.8 Å². The number of hydrogen-bond donors (Lipinski definition) is 0. The normalized spacial score (nSPS) is 17.9. The summed E-state index contributed by atoms with van der Waals surface area (Å²) < 4.78 is 5.31. The Labute approximate surface area is 81.0 Å². The van der Waals surface area contributed by atoms with Crippen LogP contribution in [-0.2, 0) is 5.41 Å². The van der Waals surface area contributed by atoms with E-state index in [1.54, 1.807) is 12.5 Å².